The minimum absolute atomic E-state index is 0.207. The molecule has 0 aromatic rings. The minimum atomic E-state index is -0.207. The molecule has 2 fully saturated rings. The molecule has 0 aromatic heterocycles. The van der Waals surface area contributed by atoms with Crippen molar-refractivity contribution in [2.45, 2.75) is 24.6 Å². The Bertz CT molecular complexity index is 166. The largest absolute Gasteiger partial charge is 0.383 e. The number of methoxy groups -OCH3 is 1. The first-order valence-corrected chi connectivity index (χ1v) is 4.83. The molecule has 4 nitrogen and oxygen atoms in total. The van der Waals surface area contributed by atoms with Gasteiger partial charge in [-0.25, -0.2) is 0 Å². The molecule has 1 spiro atoms. The topological polar surface area (TPSA) is 39.7 Å². The van der Waals surface area contributed by atoms with E-state index in [9.17, 15) is 0 Å². The van der Waals surface area contributed by atoms with E-state index in [2.05, 4.69) is 5.32 Å². The van der Waals surface area contributed by atoms with E-state index < -0.39 is 0 Å². The van der Waals surface area contributed by atoms with Crippen molar-refractivity contribution in [1.82, 2.24) is 5.32 Å². The van der Waals surface area contributed by atoms with Crippen LogP contribution in [-0.4, -0.2) is 45.3 Å². The summed E-state index contributed by atoms with van der Waals surface area (Å²) in [5, 5.41) is 3.46. The fourth-order valence-electron chi connectivity index (χ4n) is 1.98. The zero-order valence-electron chi connectivity index (χ0n) is 8.04. The second-order valence-corrected chi connectivity index (χ2v) is 3.73. The van der Waals surface area contributed by atoms with Gasteiger partial charge in [-0.15, -0.1) is 0 Å². The number of hydrogen-bond donors (Lipinski definition) is 1. The van der Waals surface area contributed by atoms with Crippen molar-refractivity contribution in [3.05, 3.63) is 0 Å². The first-order valence-electron chi connectivity index (χ1n) is 4.83. The monoisotopic (exact) mass is 187 g/mol. The Morgan fingerprint density at radius 1 is 1.54 bits per heavy atom. The molecule has 76 valence electrons. The van der Waals surface area contributed by atoms with E-state index in [4.69, 9.17) is 14.2 Å². The Morgan fingerprint density at radius 2 is 2.46 bits per heavy atom. The standard InChI is InChI=1S/C9H17NO3/c1-11-6-8-2-4-13-9(10-8)3-5-12-7-9/h8,10H,2-7H2,1H3. The van der Waals surface area contributed by atoms with Gasteiger partial charge in [0.2, 0.25) is 0 Å². The van der Waals surface area contributed by atoms with Gasteiger partial charge in [0.25, 0.3) is 0 Å². The van der Waals surface area contributed by atoms with Crippen LogP contribution in [0, 0.1) is 0 Å². The molecule has 0 amide bonds. The lowest BCUT2D eigenvalue weighted by Gasteiger charge is -2.38. The van der Waals surface area contributed by atoms with E-state index in [0.29, 0.717) is 12.6 Å². The molecule has 2 heterocycles. The Balaban J connectivity index is 1.90. The molecule has 0 bridgehead atoms. The second kappa shape index (κ2) is 3.92. The molecule has 2 unspecified atom stereocenters. The highest BCUT2D eigenvalue weighted by Gasteiger charge is 2.40. The fourth-order valence-corrected chi connectivity index (χ4v) is 1.98. The van der Waals surface area contributed by atoms with Crippen LogP contribution in [0.5, 0.6) is 0 Å². The van der Waals surface area contributed by atoms with Gasteiger partial charge in [-0.05, 0) is 6.42 Å². The number of ether oxygens (including phenoxy) is 3. The van der Waals surface area contributed by atoms with Gasteiger partial charge >= 0.3 is 0 Å². The molecule has 0 aromatic carbocycles. The van der Waals surface area contributed by atoms with Crippen molar-refractivity contribution < 1.29 is 14.2 Å². The Kier molecular flexibility index (Phi) is 2.83. The molecule has 2 aliphatic heterocycles. The third-order valence-corrected chi connectivity index (χ3v) is 2.67. The smallest absolute Gasteiger partial charge is 0.145 e. The van der Waals surface area contributed by atoms with Crippen LogP contribution in [0.2, 0.25) is 0 Å². The highest BCUT2D eigenvalue weighted by atomic mass is 16.6. The predicted octanol–water partition coefficient (Wildman–Crippen LogP) is 0.128. The van der Waals surface area contributed by atoms with Crippen LogP contribution in [0.1, 0.15) is 12.8 Å². The quantitative estimate of drug-likeness (QED) is 0.667. The maximum absolute atomic E-state index is 5.71. The summed E-state index contributed by atoms with van der Waals surface area (Å²) in [6.07, 6.45) is 1.98. The molecule has 2 atom stereocenters. The lowest BCUT2D eigenvalue weighted by molar-refractivity contribution is -0.116. The van der Waals surface area contributed by atoms with Gasteiger partial charge in [0, 0.05) is 19.6 Å². The lowest BCUT2D eigenvalue weighted by atomic mass is 10.1. The summed E-state index contributed by atoms with van der Waals surface area (Å²) in [6, 6.07) is 0.417. The fraction of sp³-hybridized carbons (Fsp3) is 1.00. The summed E-state index contributed by atoms with van der Waals surface area (Å²) >= 11 is 0. The Hall–Kier alpha value is -0.160. The van der Waals surface area contributed by atoms with Crippen LogP contribution >= 0.6 is 0 Å². The summed E-state index contributed by atoms with van der Waals surface area (Å²) in [6.45, 7) is 3.04. The summed E-state index contributed by atoms with van der Waals surface area (Å²) in [7, 11) is 1.73. The third-order valence-electron chi connectivity index (χ3n) is 2.67. The van der Waals surface area contributed by atoms with Gasteiger partial charge in [-0.2, -0.15) is 0 Å². The van der Waals surface area contributed by atoms with E-state index in [1.807, 2.05) is 0 Å². The van der Waals surface area contributed by atoms with Gasteiger partial charge in [0.1, 0.15) is 5.72 Å². The van der Waals surface area contributed by atoms with Crippen molar-refractivity contribution in [1.29, 1.82) is 0 Å². The molecule has 0 radical (unpaired) electrons. The van der Waals surface area contributed by atoms with Crippen molar-refractivity contribution in [2.75, 3.05) is 33.5 Å². The lowest BCUT2D eigenvalue weighted by Crippen LogP contribution is -2.58. The van der Waals surface area contributed by atoms with Gasteiger partial charge in [0.15, 0.2) is 0 Å². The van der Waals surface area contributed by atoms with Gasteiger partial charge in [-0.1, -0.05) is 0 Å². The zero-order valence-corrected chi connectivity index (χ0v) is 8.04. The van der Waals surface area contributed by atoms with Gasteiger partial charge < -0.3 is 14.2 Å². The van der Waals surface area contributed by atoms with Crippen molar-refractivity contribution in [3.63, 3.8) is 0 Å². The van der Waals surface area contributed by atoms with Gasteiger partial charge in [-0.3, -0.25) is 5.32 Å². The van der Waals surface area contributed by atoms with Crippen LogP contribution in [0.4, 0.5) is 0 Å². The van der Waals surface area contributed by atoms with E-state index in [0.717, 1.165) is 32.7 Å². The molecule has 13 heavy (non-hydrogen) atoms. The van der Waals surface area contributed by atoms with Crippen LogP contribution in [0.25, 0.3) is 0 Å². The van der Waals surface area contributed by atoms with Crippen molar-refractivity contribution in [3.8, 4) is 0 Å². The molecule has 0 saturated carbocycles. The molecule has 2 saturated heterocycles. The van der Waals surface area contributed by atoms with E-state index >= 15 is 0 Å². The Morgan fingerprint density at radius 3 is 3.15 bits per heavy atom. The average Bonchev–Trinajstić information content (AvgIpc) is 2.54. The predicted molar refractivity (Wildman–Crippen MR) is 47.5 cm³/mol. The number of rotatable bonds is 2. The highest BCUT2D eigenvalue weighted by Crippen LogP contribution is 2.24. The summed E-state index contributed by atoms with van der Waals surface area (Å²) < 4.78 is 16.2. The summed E-state index contributed by atoms with van der Waals surface area (Å²) in [5.74, 6) is 0. The first-order chi connectivity index (χ1) is 6.35. The molecule has 4 heteroatoms. The first kappa shape index (κ1) is 9.40. The normalized spacial score (nSPS) is 39.9. The molecule has 0 aliphatic carbocycles. The van der Waals surface area contributed by atoms with Crippen LogP contribution < -0.4 is 5.32 Å². The minimum Gasteiger partial charge on any atom is -0.383 e. The molecule has 1 N–H and O–H groups in total. The molecule has 2 rings (SSSR count). The molecular weight excluding hydrogens is 170 g/mol. The molecule has 2 aliphatic rings. The summed E-state index contributed by atoms with van der Waals surface area (Å²) in [4.78, 5) is 0. The van der Waals surface area contributed by atoms with E-state index in [-0.39, 0.29) is 5.72 Å². The zero-order chi connectivity index (χ0) is 9.15. The van der Waals surface area contributed by atoms with Crippen molar-refractivity contribution in [2.24, 2.45) is 0 Å². The highest BCUT2D eigenvalue weighted by molar-refractivity contribution is 4.89. The van der Waals surface area contributed by atoms with Crippen LogP contribution in [0.3, 0.4) is 0 Å². The average molecular weight is 187 g/mol. The second-order valence-electron chi connectivity index (χ2n) is 3.73. The summed E-state index contributed by atoms with van der Waals surface area (Å²) in [5.41, 5.74) is -0.207. The van der Waals surface area contributed by atoms with E-state index in [1.54, 1.807) is 7.11 Å². The Labute approximate surface area is 78.5 Å². The van der Waals surface area contributed by atoms with Gasteiger partial charge in [0.05, 0.1) is 26.4 Å². The van der Waals surface area contributed by atoms with Crippen LogP contribution in [0.15, 0.2) is 0 Å². The maximum atomic E-state index is 5.71. The van der Waals surface area contributed by atoms with Crippen LogP contribution in [-0.2, 0) is 14.2 Å². The number of nitrogens with one attached hydrogen (secondary N) is 1. The van der Waals surface area contributed by atoms with E-state index in [1.165, 1.54) is 0 Å². The number of hydrogen-bond acceptors (Lipinski definition) is 4. The third kappa shape index (κ3) is 2.02. The maximum Gasteiger partial charge on any atom is 0.145 e. The SMILES string of the molecule is COCC1CCOC2(CCOC2)N1. The molecular formula is C9H17NO3. The van der Waals surface area contributed by atoms with Crippen molar-refractivity contribution >= 4 is 0 Å².